The number of halogens is 1. The summed E-state index contributed by atoms with van der Waals surface area (Å²) in [7, 11) is 3.77. The number of benzene rings is 1. The van der Waals surface area contributed by atoms with Gasteiger partial charge in [0.2, 0.25) is 5.91 Å². The molecule has 2 rings (SSSR count). The minimum absolute atomic E-state index is 0. The first-order valence-electron chi connectivity index (χ1n) is 9.70. The van der Waals surface area contributed by atoms with Gasteiger partial charge in [0.15, 0.2) is 5.96 Å². The van der Waals surface area contributed by atoms with Crippen molar-refractivity contribution in [3.63, 3.8) is 0 Å². The van der Waals surface area contributed by atoms with Crippen molar-refractivity contribution in [3.05, 3.63) is 29.8 Å². The molecule has 1 aromatic rings. The molecule has 1 aliphatic rings. The average molecular weight is 519 g/mol. The topological polar surface area (TPSA) is 60.0 Å². The second-order valence-electron chi connectivity index (χ2n) is 7.00. The number of likely N-dealkylation sites (N-methyl/N-ethyl adjacent to an activating group) is 1. The van der Waals surface area contributed by atoms with Crippen LogP contribution in [0.5, 0.6) is 0 Å². The third kappa shape index (κ3) is 8.57. The number of hydrogen-bond acceptors (Lipinski definition) is 4. The van der Waals surface area contributed by atoms with E-state index < -0.39 is 0 Å². The highest BCUT2D eigenvalue weighted by atomic mass is 127. The molecule has 0 aromatic heterocycles. The van der Waals surface area contributed by atoms with Crippen LogP contribution in [0, 0.1) is 0 Å². The smallest absolute Gasteiger partial charge is 0.238 e. The third-order valence-corrected chi connectivity index (χ3v) is 5.68. The molecule has 1 aromatic carbocycles. The molecular weight excluding hydrogens is 485 g/mol. The van der Waals surface area contributed by atoms with Crippen LogP contribution in [0.2, 0.25) is 0 Å². The van der Waals surface area contributed by atoms with E-state index in [0.717, 1.165) is 42.6 Å². The Bertz CT molecular complexity index is 641. The van der Waals surface area contributed by atoms with Crippen LogP contribution in [0.1, 0.15) is 25.8 Å². The van der Waals surface area contributed by atoms with Gasteiger partial charge in [-0.05, 0) is 45.1 Å². The number of thioether (sulfide) groups is 1. The summed E-state index contributed by atoms with van der Waals surface area (Å²) >= 11 is 2.06. The van der Waals surface area contributed by atoms with Crippen molar-refractivity contribution >= 4 is 53.3 Å². The van der Waals surface area contributed by atoms with Gasteiger partial charge < -0.3 is 20.4 Å². The Labute approximate surface area is 190 Å². The van der Waals surface area contributed by atoms with E-state index in [1.807, 2.05) is 37.2 Å². The summed E-state index contributed by atoms with van der Waals surface area (Å²) in [5, 5.41) is 7.05. The number of nitrogens with zero attached hydrogens (tertiary/aromatic N) is 3. The standard InChI is InChI=1S/C20H33N5OS.HI/c1-5-18-14-25(10-11-27-18)20(21-6-2)22-13-16-8-7-9-17(12-16)23-19(26)15-24(3)4;/h7-9,12,18H,5-6,10-11,13-15H2,1-4H3,(H,21,22)(H,23,26);1H. The number of guanidine groups is 1. The monoisotopic (exact) mass is 519 g/mol. The largest absolute Gasteiger partial charge is 0.357 e. The minimum Gasteiger partial charge on any atom is -0.357 e. The Morgan fingerprint density at radius 2 is 2.14 bits per heavy atom. The summed E-state index contributed by atoms with van der Waals surface area (Å²) < 4.78 is 0. The van der Waals surface area contributed by atoms with E-state index in [-0.39, 0.29) is 29.9 Å². The van der Waals surface area contributed by atoms with Gasteiger partial charge in [-0.2, -0.15) is 11.8 Å². The van der Waals surface area contributed by atoms with Crippen molar-refractivity contribution in [1.29, 1.82) is 0 Å². The van der Waals surface area contributed by atoms with Crippen molar-refractivity contribution in [2.45, 2.75) is 32.1 Å². The Hall–Kier alpha value is -1.00. The number of aliphatic imine (C=N–C) groups is 1. The van der Waals surface area contributed by atoms with E-state index in [0.29, 0.717) is 18.3 Å². The first kappa shape index (κ1) is 25.0. The lowest BCUT2D eigenvalue weighted by Gasteiger charge is -2.34. The number of amides is 1. The van der Waals surface area contributed by atoms with Crippen LogP contribution in [0.4, 0.5) is 5.69 Å². The Morgan fingerprint density at radius 3 is 2.82 bits per heavy atom. The van der Waals surface area contributed by atoms with E-state index in [2.05, 4.69) is 47.2 Å². The first-order chi connectivity index (χ1) is 13.0. The Morgan fingerprint density at radius 1 is 1.36 bits per heavy atom. The molecule has 1 atom stereocenters. The van der Waals surface area contributed by atoms with Crippen LogP contribution in [-0.2, 0) is 11.3 Å². The summed E-state index contributed by atoms with van der Waals surface area (Å²) in [6.07, 6.45) is 1.19. The van der Waals surface area contributed by atoms with Gasteiger partial charge in [0.25, 0.3) is 0 Å². The molecule has 1 heterocycles. The van der Waals surface area contributed by atoms with Crippen molar-refractivity contribution in [1.82, 2.24) is 15.1 Å². The molecule has 1 aliphatic heterocycles. The third-order valence-electron chi connectivity index (χ3n) is 4.31. The van der Waals surface area contributed by atoms with Gasteiger partial charge in [0.1, 0.15) is 0 Å². The van der Waals surface area contributed by atoms with E-state index in [4.69, 9.17) is 4.99 Å². The fourth-order valence-corrected chi connectivity index (χ4v) is 4.17. The highest BCUT2D eigenvalue weighted by molar-refractivity contribution is 14.0. The molecule has 0 saturated carbocycles. The molecular formula is C20H34IN5OS. The molecule has 1 saturated heterocycles. The Kier molecular flexibility index (Phi) is 11.9. The quantitative estimate of drug-likeness (QED) is 0.330. The predicted octanol–water partition coefficient (Wildman–Crippen LogP) is 3.10. The summed E-state index contributed by atoms with van der Waals surface area (Å²) in [4.78, 5) is 21.0. The van der Waals surface area contributed by atoms with E-state index in [9.17, 15) is 4.79 Å². The number of rotatable bonds is 7. The molecule has 0 radical (unpaired) electrons. The van der Waals surface area contributed by atoms with Gasteiger partial charge in [-0.3, -0.25) is 4.79 Å². The summed E-state index contributed by atoms with van der Waals surface area (Å²) in [5.74, 6) is 2.12. The highest BCUT2D eigenvalue weighted by Crippen LogP contribution is 2.21. The number of anilines is 1. The molecule has 1 unspecified atom stereocenters. The molecule has 0 bridgehead atoms. The maximum Gasteiger partial charge on any atom is 0.238 e. The van der Waals surface area contributed by atoms with Gasteiger partial charge in [0.05, 0.1) is 13.1 Å². The number of nitrogens with one attached hydrogen (secondary N) is 2. The number of carbonyl (C=O) groups is 1. The van der Waals surface area contributed by atoms with Gasteiger partial charge >= 0.3 is 0 Å². The van der Waals surface area contributed by atoms with Crippen molar-refractivity contribution < 1.29 is 4.79 Å². The summed E-state index contributed by atoms with van der Waals surface area (Å²) in [6, 6.07) is 7.93. The predicted molar refractivity (Wildman–Crippen MR) is 132 cm³/mol. The molecule has 8 heteroatoms. The van der Waals surface area contributed by atoms with Gasteiger partial charge in [-0.25, -0.2) is 4.99 Å². The molecule has 1 fully saturated rings. The summed E-state index contributed by atoms with van der Waals surface area (Å²) in [6.45, 7) is 8.27. The van der Waals surface area contributed by atoms with Crippen LogP contribution in [-0.4, -0.2) is 72.9 Å². The number of hydrogen-bond donors (Lipinski definition) is 2. The fourth-order valence-electron chi connectivity index (χ4n) is 2.99. The molecule has 6 nitrogen and oxygen atoms in total. The molecule has 28 heavy (non-hydrogen) atoms. The number of carbonyl (C=O) groups excluding carboxylic acids is 1. The highest BCUT2D eigenvalue weighted by Gasteiger charge is 2.21. The van der Waals surface area contributed by atoms with Crippen LogP contribution in [0.15, 0.2) is 29.3 Å². The first-order valence-corrected chi connectivity index (χ1v) is 10.7. The fraction of sp³-hybridized carbons (Fsp3) is 0.600. The van der Waals surface area contributed by atoms with E-state index in [1.54, 1.807) is 0 Å². The second-order valence-corrected chi connectivity index (χ2v) is 8.41. The second kappa shape index (κ2) is 13.3. The lowest BCUT2D eigenvalue weighted by molar-refractivity contribution is -0.116. The lowest BCUT2D eigenvalue weighted by Crippen LogP contribution is -2.48. The molecule has 158 valence electrons. The molecule has 2 N–H and O–H groups in total. The molecule has 0 spiro atoms. The van der Waals surface area contributed by atoms with Crippen molar-refractivity contribution in [2.24, 2.45) is 4.99 Å². The zero-order chi connectivity index (χ0) is 19.6. The van der Waals surface area contributed by atoms with E-state index in [1.165, 1.54) is 6.42 Å². The zero-order valence-electron chi connectivity index (χ0n) is 17.4. The maximum atomic E-state index is 12.0. The van der Waals surface area contributed by atoms with Gasteiger partial charge in [-0.1, -0.05) is 19.1 Å². The maximum absolute atomic E-state index is 12.0. The van der Waals surface area contributed by atoms with Crippen LogP contribution in [0.3, 0.4) is 0 Å². The molecule has 0 aliphatic carbocycles. The minimum atomic E-state index is -0.00888. The van der Waals surface area contributed by atoms with Crippen LogP contribution < -0.4 is 10.6 Å². The van der Waals surface area contributed by atoms with Crippen LogP contribution in [0.25, 0.3) is 0 Å². The lowest BCUT2D eigenvalue weighted by atomic mass is 10.2. The van der Waals surface area contributed by atoms with Gasteiger partial charge in [0, 0.05) is 36.3 Å². The van der Waals surface area contributed by atoms with E-state index >= 15 is 0 Å². The van der Waals surface area contributed by atoms with Crippen LogP contribution >= 0.6 is 35.7 Å². The van der Waals surface area contributed by atoms with Crippen molar-refractivity contribution in [2.75, 3.05) is 51.3 Å². The molecule has 1 amide bonds. The normalized spacial score (nSPS) is 17.2. The van der Waals surface area contributed by atoms with Crippen molar-refractivity contribution in [3.8, 4) is 0 Å². The zero-order valence-corrected chi connectivity index (χ0v) is 20.5. The average Bonchev–Trinajstić information content (AvgIpc) is 2.64. The van der Waals surface area contributed by atoms with Gasteiger partial charge in [-0.15, -0.1) is 24.0 Å². The Balaban J connectivity index is 0.00000392. The SMILES string of the molecule is CCNC(=NCc1cccc(NC(=O)CN(C)C)c1)N1CCSC(CC)C1.I. The summed E-state index contributed by atoms with van der Waals surface area (Å²) in [5.41, 5.74) is 1.91.